The Morgan fingerprint density at radius 3 is 1.26 bits per heavy atom. The van der Waals surface area contributed by atoms with Crippen LogP contribution in [0.2, 0.25) is 0 Å². The van der Waals surface area contributed by atoms with Crippen molar-refractivity contribution in [3.63, 3.8) is 0 Å². The molecule has 0 aliphatic carbocycles. The van der Waals surface area contributed by atoms with Gasteiger partial charge in [0.15, 0.2) is 0 Å². The third-order valence-electron chi connectivity index (χ3n) is 17.0. The highest BCUT2D eigenvalue weighted by Crippen LogP contribution is 2.50. The van der Waals surface area contributed by atoms with Crippen LogP contribution in [0.4, 0.5) is 51.2 Å². The number of nitrogens with zero attached hydrogens (tertiary/aromatic N) is 3. The lowest BCUT2D eigenvalue weighted by molar-refractivity contribution is 0.467. The molecule has 0 unspecified atom stereocenters. The number of ether oxygens (including phenoxy) is 3. The van der Waals surface area contributed by atoms with Gasteiger partial charge in [-0.3, -0.25) is 0 Å². The Kier molecular flexibility index (Phi) is 8.66. The molecule has 0 radical (unpaired) electrons. The largest absolute Gasteiger partial charge is 0.458 e. The van der Waals surface area contributed by atoms with Crippen LogP contribution < -0.4 is 76.7 Å². The molecule has 78 heavy (non-hydrogen) atoms. The van der Waals surface area contributed by atoms with Crippen LogP contribution in [0, 0.1) is 20.8 Å². The summed E-state index contributed by atoms with van der Waals surface area (Å²) in [5.41, 5.74) is 22.1. The summed E-state index contributed by atoms with van der Waals surface area (Å²) in [6, 6.07) is 74.1. The number of hydrogen-bond acceptors (Lipinski definition) is 8. The van der Waals surface area contributed by atoms with E-state index in [2.05, 4.69) is 236 Å². The summed E-state index contributed by atoms with van der Waals surface area (Å²) in [5.74, 6) is 5.43. The van der Waals surface area contributed by atoms with Crippen LogP contribution in [0.1, 0.15) is 16.7 Å². The Morgan fingerprint density at radius 2 is 0.718 bits per heavy atom. The number of fused-ring (bicyclic) bond motifs is 16. The number of benzene rings is 10. The topological polar surface area (TPSA) is 37.4 Å². The highest BCUT2D eigenvalue weighted by molar-refractivity contribution is 7.34. The lowest BCUT2D eigenvalue weighted by Gasteiger charge is -2.46. The normalized spacial score (nSPS) is 14.2. The van der Waals surface area contributed by atoms with Crippen molar-refractivity contribution in [2.24, 2.45) is 0 Å². The van der Waals surface area contributed by atoms with E-state index < -0.39 is 0 Å². The summed E-state index contributed by atoms with van der Waals surface area (Å²) < 4.78 is 26.3. The Bertz CT molecular complexity index is 4640. The number of aryl methyl sites for hydroxylation is 3. The standard InChI is InChI=1S/C67H42B3N3O3S2/c1-37-27-52-61-53(28-37)73(42-21-11-6-12-22-42)51-36-55-48(70-63-57(74-55)31-39(3)32-58(63)76-65-44-24-14-16-26-60(44)78-67(65)70)34-46(51)68(61)45-33-47-50(35-49(45)71(52)40-17-7-4-8-18-40)72(41-19-9-5-10-20-41)54-29-38(2)30-56-62(54)69(47)66-64(75-56)43-23-13-15-25-59(43)77-66/h4-36H,1-3H3. The number of anilines is 9. The van der Waals surface area contributed by atoms with E-state index in [9.17, 15) is 0 Å². The summed E-state index contributed by atoms with van der Waals surface area (Å²) in [6.45, 7) is 6.21. The molecule has 6 aliphatic heterocycles. The van der Waals surface area contributed by atoms with E-state index in [-0.39, 0.29) is 20.1 Å². The Labute approximate surface area is 460 Å². The lowest BCUT2D eigenvalue weighted by atomic mass is 9.30. The number of thiophene rings is 2. The summed E-state index contributed by atoms with van der Waals surface area (Å²) in [4.78, 5) is 7.56. The van der Waals surface area contributed by atoms with Crippen LogP contribution in [0.5, 0.6) is 34.5 Å². The van der Waals surface area contributed by atoms with Crippen molar-refractivity contribution in [1.29, 1.82) is 0 Å². The van der Waals surface area contributed by atoms with E-state index in [4.69, 9.17) is 14.2 Å². The van der Waals surface area contributed by atoms with Gasteiger partial charge in [-0.15, -0.1) is 22.7 Å². The molecule has 18 rings (SSSR count). The predicted octanol–water partition coefficient (Wildman–Crippen LogP) is 12.3. The molecule has 0 N–H and O–H groups in total. The second kappa shape index (κ2) is 15.6. The molecular weight excluding hydrogens is 991 g/mol. The zero-order valence-corrected chi connectivity index (χ0v) is 44.3. The summed E-state index contributed by atoms with van der Waals surface area (Å²) >= 11 is 3.71. The molecule has 10 aromatic carbocycles. The second-order valence-corrected chi connectivity index (χ2v) is 23.9. The molecule has 0 saturated carbocycles. The Hall–Kier alpha value is -8.89. The van der Waals surface area contributed by atoms with Crippen LogP contribution in [-0.4, -0.2) is 20.1 Å². The number of para-hydroxylation sites is 3. The van der Waals surface area contributed by atoms with Crippen molar-refractivity contribution in [1.82, 2.24) is 0 Å². The molecule has 2 aromatic heterocycles. The molecule has 0 spiro atoms. The van der Waals surface area contributed by atoms with E-state index in [1.54, 1.807) is 0 Å². The SMILES string of the molecule is Cc1cc2c3c(c1)Oc1c(sc4ccccc14)B3c1cc3c(cc1O2)N(c1ccccc1)c1cc(C)cc2c1B3c1cc3c(cc1N2c1ccccc1)N(c1ccccc1)c1cc(C)cc2c1B3c1sc3ccccc3c1O2. The molecule has 6 aliphatic rings. The molecule has 12 aromatic rings. The van der Waals surface area contributed by atoms with Crippen LogP contribution in [-0.2, 0) is 0 Å². The van der Waals surface area contributed by atoms with Gasteiger partial charge in [0.2, 0.25) is 0 Å². The van der Waals surface area contributed by atoms with Gasteiger partial charge in [-0.05, 0) is 173 Å². The van der Waals surface area contributed by atoms with Crippen LogP contribution in [0.15, 0.2) is 200 Å². The molecule has 0 bridgehead atoms. The van der Waals surface area contributed by atoms with Crippen molar-refractivity contribution >= 4 is 162 Å². The molecule has 0 fully saturated rings. The van der Waals surface area contributed by atoms with Gasteiger partial charge in [-0.25, -0.2) is 0 Å². The second-order valence-electron chi connectivity index (χ2n) is 21.7. The third kappa shape index (κ3) is 5.79. The average Bonchev–Trinajstić information content (AvgIpc) is 4.18. The van der Waals surface area contributed by atoms with Gasteiger partial charge in [0.05, 0.1) is 0 Å². The van der Waals surface area contributed by atoms with Gasteiger partial charge in [0.1, 0.15) is 34.5 Å². The fourth-order valence-corrected chi connectivity index (χ4v) is 16.5. The maximum atomic E-state index is 7.26. The molecule has 6 nitrogen and oxygen atoms in total. The molecule has 8 heterocycles. The van der Waals surface area contributed by atoms with E-state index >= 15 is 0 Å². The molecule has 0 atom stereocenters. The molecule has 11 heteroatoms. The molecule has 364 valence electrons. The van der Waals surface area contributed by atoms with Gasteiger partial charge < -0.3 is 28.9 Å². The van der Waals surface area contributed by atoms with Gasteiger partial charge in [-0.1, -0.05) is 91.0 Å². The summed E-state index contributed by atoms with van der Waals surface area (Å²) in [5, 5.41) is 2.30. The van der Waals surface area contributed by atoms with Crippen LogP contribution in [0.3, 0.4) is 0 Å². The highest BCUT2D eigenvalue weighted by Gasteiger charge is 2.50. The molecular formula is C67H42B3N3O3S2. The van der Waals surface area contributed by atoms with Crippen molar-refractivity contribution < 1.29 is 14.2 Å². The summed E-state index contributed by atoms with van der Waals surface area (Å²) in [6.07, 6.45) is 0. The van der Waals surface area contributed by atoms with Crippen molar-refractivity contribution in [2.75, 3.05) is 14.7 Å². The summed E-state index contributed by atoms with van der Waals surface area (Å²) in [7, 11) is 0. The maximum Gasteiger partial charge on any atom is 0.273 e. The van der Waals surface area contributed by atoms with E-state index in [0.29, 0.717) is 0 Å². The lowest BCUT2D eigenvalue weighted by Crippen LogP contribution is -2.65. The minimum absolute atomic E-state index is 0.0890. The number of hydrogen-bond donors (Lipinski definition) is 0. The van der Waals surface area contributed by atoms with Gasteiger partial charge in [0, 0.05) is 92.4 Å². The predicted molar refractivity (Wildman–Crippen MR) is 329 cm³/mol. The first-order chi connectivity index (χ1) is 38.4. The quantitative estimate of drug-likeness (QED) is 0.164. The first-order valence-electron chi connectivity index (χ1n) is 26.8. The van der Waals surface area contributed by atoms with Crippen molar-refractivity contribution in [3.05, 3.63) is 217 Å². The van der Waals surface area contributed by atoms with Gasteiger partial charge in [-0.2, -0.15) is 0 Å². The van der Waals surface area contributed by atoms with Crippen LogP contribution in [0.25, 0.3) is 20.2 Å². The van der Waals surface area contributed by atoms with Crippen molar-refractivity contribution in [2.45, 2.75) is 20.8 Å². The first kappa shape index (κ1) is 43.2. The van der Waals surface area contributed by atoms with Gasteiger partial charge >= 0.3 is 0 Å². The van der Waals surface area contributed by atoms with Gasteiger partial charge in [0.25, 0.3) is 20.1 Å². The average molecular weight is 1030 g/mol. The molecule has 0 saturated heterocycles. The zero-order valence-electron chi connectivity index (χ0n) is 42.7. The monoisotopic (exact) mass is 1030 g/mol. The van der Waals surface area contributed by atoms with E-state index in [1.807, 2.05) is 22.7 Å². The smallest absolute Gasteiger partial charge is 0.273 e. The molecule has 0 amide bonds. The fourth-order valence-electron chi connectivity index (χ4n) is 14.0. The van der Waals surface area contributed by atoms with E-state index in [0.717, 1.165) is 113 Å². The minimum Gasteiger partial charge on any atom is -0.458 e. The first-order valence-corrected chi connectivity index (χ1v) is 28.4. The van der Waals surface area contributed by atoms with Crippen molar-refractivity contribution in [3.8, 4) is 34.5 Å². The Morgan fingerprint density at radius 1 is 0.321 bits per heavy atom. The minimum atomic E-state index is -0.178. The fraction of sp³-hybridized carbons (Fsp3) is 0.0448. The third-order valence-corrected chi connectivity index (χ3v) is 19.5. The number of rotatable bonds is 3. The van der Waals surface area contributed by atoms with Crippen LogP contribution >= 0.6 is 22.7 Å². The maximum absolute atomic E-state index is 7.26. The van der Waals surface area contributed by atoms with E-state index in [1.165, 1.54) is 57.5 Å². The highest BCUT2D eigenvalue weighted by atomic mass is 32.1. The zero-order chi connectivity index (χ0) is 51.2. The Balaban J connectivity index is 0.968.